The third-order valence-corrected chi connectivity index (χ3v) is 4.71. The fourth-order valence-corrected chi connectivity index (χ4v) is 3.11. The van der Waals surface area contributed by atoms with Crippen LogP contribution >= 0.6 is 11.6 Å². The molecule has 1 N–H and O–H groups in total. The predicted octanol–water partition coefficient (Wildman–Crippen LogP) is 5.93. The molecule has 114 valence electrons. The maximum Gasteiger partial charge on any atom is 0.0947 e. The average molecular weight is 297 g/mol. The van der Waals surface area contributed by atoms with Crippen LogP contribution in [0.5, 0.6) is 0 Å². The number of hydrogen-bond donors (Lipinski definition) is 1. The lowest BCUT2D eigenvalue weighted by molar-refractivity contribution is -0.0862. The second-order valence-electron chi connectivity index (χ2n) is 6.46. The maximum absolute atomic E-state index is 11.4. The summed E-state index contributed by atoms with van der Waals surface area (Å²) in [5.74, 6) is 0. The molecule has 0 aliphatic heterocycles. The molecule has 1 aromatic rings. The van der Waals surface area contributed by atoms with Crippen molar-refractivity contribution in [2.24, 2.45) is 5.41 Å². The van der Waals surface area contributed by atoms with E-state index >= 15 is 0 Å². The fraction of sp³-hybridized carbons (Fsp3) is 0.667. The predicted molar refractivity (Wildman–Crippen MR) is 88.2 cm³/mol. The van der Waals surface area contributed by atoms with Crippen LogP contribution in [0.4, 0.5) is 0 Å². The van der Waals surface area contributed by atoms with Crippen LogP contribution in [0.15, 0.2) is 24.3 Å². The van der Waals surface area contributed by atoms with E-state index in [-0.39, 0.29) is 5.41 Å². The number of unbranched alkanes of at least 4 members (excludes halogenated alkanes) is 2. The summed E-state index contributed by atoms with van der Waals surface area (Å²) in [4.78, 5) is 0. The van der Waals surface area contributed by atoms with Gasteiger partial charge in [0.15, 0.2) is 0 Å². The SMILES string of the molecule is CCCCCC(C)(C)[C@](O)(CCC)c1ccc(Cl)cc1. The molecule has 0 saturated carbocycles. The minimum absolute atomic E-state index is 0.133. The van der Waals surface area contributed by atoms with Crippen LogP contribution in [0.3, 0.4) is 0 Å². The van der Waals surface area contributed by atoms with Crippen molar-refractivity contribution in [3.8, 4) is 0 Å². The monoisotopic (exact) mass is 296 g/mol. The second-order valence-corrected chi connectivity index (χ2v) is 6.89. The topological polar surface area (TPSA) is 20.2 Å². The van der Waals surface area contributed by atoms with E-state index in [2.05, 4.69) is 27.7 Å². The zero-order valence-electron chi connectivity index (χ0n) is 13.4. The van der Waals surface area contributed by atoms with Crippen molar-refractivity contribution in [2.75, 3.05) is 0 Å². The van der Waals surface area contributed by atoms with Crippen LogP contribution in [0, 0.1) is 5.41 Å². The lowest BCUT2D eigenvalue weighted by Gasteiger charge is -2.44. The molecule has 0 saturated heterocycles. The molecule has 0 aliphatic rings. The van der Waals surface area contributed by atoms with E-state index < -0.39 is 5.60 Å². The van der Waals surface area contributed by atoms with Crippen molar-refractivity contribution in [2.45, 2.75) is 71.8 Å². The number of rotatable bonds is 8. The zero-order chi connectivity index (χ0) is 15.2. The Bertz CT molecular complexity index is 396. The summed E-state index contributed by atoms with van der Waals surface area (Å²) in [6.45, 7) is 8.72. The van der Waals surface area contributed by atoms with Crippen molar-refractivity contribution in [1.82, 2.24) is 0 Å². The van der Waals surface area contributed by atoms with E-state index in [4.69, 9.17) is 11.6 Å². The van der Waals surface area contributed by atoms with E-state index in [0.717, 1.165) is 29.8 Å². The van der Waals surface area contributed by atoms with Crippen molar-refractivity contribution >= 4 is 11.6 Å². The quantitative estimate of drug-likeness (QED) is 0.589. The van der Waals surface area contributed by atoms with Gasteiger partial charge >= 0.3 is 0 Å². The summed E-state index contributed by atoms with van der Waals surface area (Å²) >= 11 is 5.97. The van der Waals surface area contributed by atoms with Crippen molar-refractivity contribution in [3.63, 3.8) is 0 Å². The van der Waals surface area contributed by atoms with Crippen LogP contribution in [-0.2, 0) is 5.60 Å². The van der Waals surface area contributed by atoms with E-state index in [1.54, 1.807) is 0 Å². The molecule has 0 aliphatic carbocycles. The largest absolute Gasteiger partial charge is 0.385 e. The summed E-state index contributed by atoms with van der Waals surface area (Å²) in [6, 6.07) is 7.69. The molecular formula is C18H29ClO. The molecule has 0 bridgehead atoms. The van der Waals surface area contributed by atoms with Crippen LogP contribution < -0.4 is 0 Å². The molecule has 0 heterocycles. The third kappa shape index (κ3) is 3.99. The standard InChI is InChI=1S/C18H29ClO/c1-5-7-8-14-17(3,4)18(20,13-6-2)15-9-11-16(19)12-10-15/h9-12,20H,5-8,13-14H2,1-4H3/t18-/m0/s1. The first kappa shape index (κ1) is 17.5. The first-order valence-electron chi connectivity index (χ1n) is 7.86. The molecule has 0 fully saturated rings. The molecule has 0 aromatic heterocycles. The Hall–Kier alpha value is -0.530. The van der Waals surface area contributed by atoms with Gasteiger partial charge in [-0.05, 0) is 36.0 Å². The number of hydrogen-bond acceptors (Lipinski definition) is 1. The first-order chi connectivity index (χ1) is 9.37. The molecule has 1 rings (SSSR count). The maximum atomic E-state index is 11.4. The average Bonchev–Trinajstić information content (AvgIpc) is 2.39. The van der Waals surface area contributed by atoms with Gasteiger partial charge in [-0.25, -0.2) is 0 Å². The lowest BCUT2D eigenvalue weighted by atomic mass is 9.66. The van der Waals surface area contributed by atoms with E-state index in [0.29, 0.717) is 0 Å². The summed E-state index contributed by atoms with van der Waals surface area (Å²) in [7, 11) is 0. The van der Waals surface area contributed by atoms with Gasteiger partial charge in [-0.15, -0.1) is 0 Å². The first-order valence-corrected chi connectivity index (χ1v) is 8.23. The molecule has 1 aromatic carbocycles. The van der Waals surface area contributed by atoms with Gasteiger partial charge in [-0.1, -0.05) is 77.1 Å². The Kier molecular flexibility index (Phi) is 6.54. The summed E-state index contributed by atoms with van der Waals surface area (Å²) in [6.07, 6.45) is 6.41. The van der Waals surface area contributed by atoms with Crippen LogP contribution in [0.2, 0.25) is 5.02 Å². The molecule has 20 heavy (non-hydrogen) atoms. The lowest BCUT2D eigenvalue weighted by Crippen LogP contribution is -2.42. The highest BCUT2D eigenvalue weighted by atomic mass is 35.5. The summed E-state index contributed by atoms with van der Waals surface area (Å²) in [5.41, 5.74) is 0.0803. The second kappa shape index (κ2) is 7.47. The van der Waals surface area contributed by atoms with Gasteiger partial charge in [-0.3, -0.25) is 0 Å². The van der Waals surface area contributed by atoms with Gasteiger partial charge in [0, 0.05) is 5.02 Å². The Labute approximate surface area is 129 Å². The summed E-state index contributed by atoms with van der Waals surface area (Å²) in [5, 5.41) is 12.1. The van der Waals surface area contributed by atoms with E-state index in [1.807, 2.05) is 24.3 Å². The molecule has 0 unspecified atom stereocenters. The summed E-state index contributed by atoms with van der Waals surface area (Å²) < 4.78 is 0. The van der Waals surface area contributed by atoms with Gasteiger partial charge in [0.2, 0.25) is 0 Å². The minimum atomic E-state index is -0.778. The molecule has 0 amide bonds. The molecule has 2 heteroatoms. The molecular weight excluding hydrogens is 268 g/mol. The van der Waals surface area contributed by atoms with Crippen molar-refractivity contribution in [1.29, 1.82) is 0 Å². The smallest absolute Gasteiger partial charge is 0.0947 e. The highest BCUT2D eigenvalue weighted by Gasteiger charge is 2.43. The van der Waals surface area contributed by atoms with Crippen molar-refractivity contribution in [3.05, 3.63) is 34.9 Å². The van der Waals surface area contributed by atoms with Gasteiger partial charge in [0.05, 0.1) is 5.60 Å². The normalized spacial score (nSPS) is 15.1. The third-order valence-electron chi connectivity index (χ3n) is 4.46. The Morgan fingerprint density at radius 1 is 0.950 bits per heavy atom. The van der Waals surface area contributed by atoms with Crippen LogP contribution in [0.1, 0.15) is 71.8 Å². The van der Waals surface area contributed by atoms with Gasteiger partial charge in [0.25, 0.3) is 0 Å². The van der Waals surface area contributed by atoms with Gasteiger partial charge < -0.3 is 5.11 Å². The van der Waals surface area contributed by atoms with Crippen LogP contribution in [0.25, 0.3) is 0 Å². The highest BCUT2D eigenvalue weighted by molar-refractivity contribution is 6.30. The van der Waals surface area contributed by atoms with E-state index in [9.17, 15) is 5.11 Å². The van der Waals surface area contributed by atoms with Crippen LogP contribution in [-0.4, -0.2) is 5.11 Å². The molecule has 1 nitrogen and oxygen atoms in total. The fourth-order valence-electron chi connectivity index (χ4n) is 2.98. The van der Waals surface area contributed by atoms with E-state index in [1.165, 1.54) is 19.3 Å². The molecule has 1 atom stereocenters. The number of benzene rings is 1. The highest BCUT2D eigenvalue weighted by Crippen LogP contribution is 2.46. The van der Waals surface area contributed by atoms with Gasteiger partial charge in [-0.2, -0.15) is 0 Å². The Balaban J connectivity index is 3.02. The zero-order valence-corrected chi connectivity index (χ0v) is 14.1. The molecule has 0 radical (unpaired) electrons. The Morgan fingerprint density at radius 2 is 1.55 bits per heavy atom. The molecule has 0 spiro atoms. The van der Waals surface area contributed by atoms with Crippen molar-refractivity contribution < 1.29 is 5.11 Å². The number of aliphatic hydroxyl groups is 1. The Morgan fingerprint density at radius 3 is 2.05 bits per heavy atom. The van der Waals surface area contributed by atoms with Gasteiger partial charge in [0.1, 0.15) is 0 Å². The minimum Gasteiger partial charge on any atom is -0.385 e. The number of halogens is 1.